The second-order valence-electron chi connectivity index (χ2n) is 7.41. The first kappa shape index (κ1) is 20.5. The van der Waals surface area contributed by atoms with Crippen LogP contribution in [0.25, 0.3) is 11.6 Å². The second-order valence-corrected chi connectivity index (χ2v) is 7.41. The Bertz CT molecular complexity index is 899. The van der Waals surface area contributed by atoms with Crippen LogP contribution in [0.1, 0.15) is 37.8 Å². The van der Waals surface area contributed by atoms with Crippen molar-refractivity contribution in [2.75, 3.05) is 18.4 Å². The summed E-state index contributed by atoms with van der Waals surface area (Å²) in [6, 6.07) is 13.9. The summed E-state index contributed by atoms with van der Waals surface area (Å²) < 4.78 is 0. The van der Waals surface area contributed by atoms with Crippen LogP contribution >= 0.6 is 0 Å². The molecule has 0 saturated carbocycles. The molecule has 2 heterocycles. The fraction of sp³-hybridized carbons (Fsp3) is 0.292. The third kappa shape index (κ3) is 5.88. The van der Waals surface area contributed by atoms with E-state index in [9.17, 15) is 9.59 Å². The number of rotatable bonds is 5. The van der Waals surface area contributed by atoms with Crippen molar-refractivity contribution in [2.24, 2.45) is 5.92 Å². The van der Waals surface area contributed by atoms with Crippen LogP contribution in [0.2, 0.25) is 0 Å². The summed E-state index contributed by atoms with van der Waals surface area (Å²) in [6.07, 6.45) is 8.96. The zero-order chi connectivity index (χ0) is 20.6. The lowest BCUT2D eigenvalue weighted by atomic mass is 10.0. The van der Waals surface area contributed by atoms with E-state index in [1.807, 2.05) is 43.0 Å². The largest absolute Gasteiger partial charge is 0.339 e. The van der Waals surface area contributed by atoms with Crippen LogP contribution in [0.4, 0.5) is 5.82 Å². The molecule has 0 fully saturated rings. The molecule has 0 spiro atoms. The van der Waals surface area contributed by atoms with Gasteiger partial charge in [0.2, 0.25) is 11.8 Å². The van der Waals surface area contributed by atoms with Crippen molar-refractivity contribution in [1.82, 2.24) is 9.88 Å². The van der Waals surface area contributed by atoms with Gasteiger partial charge in [-0.1, -0.05) is 50.3 Å². The number of anilines is 1. The number of hydrogen-bond donors (Lipinski definition) is 1. The van der Waals surface area contributed by atoms with E-state index in [4.69, 9.17) is 0 Å². The molecule has 0 radical (unpaired) electrons. The van der Waals surface area contributed by atoms with E-state index in [0.29, 0.717) is 12.4 Å². The Morgan fingerprint density at radius 1 is 1.10 bits per heavy atom. The lowest BCUT2D eigenvalue weighted by Crippen LogP contribution is -2.30. The van der Waals surface area contributed by atoms with Gasteiger partial charge in [0.05, 0.1) is 0 Å². The van der Waals surface area contributed by atoms with Gasteiger partial charge in [-0.05, 0) is 47.8 Å². The first-order valence-electron chi connectivity index (χ1n) is 10.0. The molecule has 1 aromatic heterocycles. The van der Waals surface area contributed by atoms with Crippen LogP contribution in [-0.4, -0.2) is 34.8 Å². The van der Waals surface area contributed by atoms with E-state index in [2.05, 4.69) is 28.5 Å². The van der Waals surface area contributed by atoms with Gasteiger partial charge in [-0.2, -0.15) is 0 Å². The van der Waals surface area contributed by atoms with Crippen molar-refractivity contribution in [3.63, 3.8) is 0 Å². The molecule has 2 amide bonds. The molecule has 1 aliphatic rings. The maximum atomic E-state index is 12.6. The highest BCUT2D eigenvalue weighted by molar-refractivity contribution is 5.92. The number of nitrogens with zero attached hydrogens (tertiary/aromatic N) is 2. The molecule has 150 valence electrons. The fourth-order valence-electron chi connectivity index (χ4n) is 3.12. The molecule has 0 unspecified atom stereocenters. The van der Waals surface area contributed by atoms with Crippen molar-refractivity contribution < 1.29 is 9.59 Å². The minimum atomic E-state index is -0.0977. The van der Waals surface area contributed by atoms with Gasteiger partial charge in [-0.3, -0.25) is 9.59 Å². The maximum absolute atomic E-state index is 12.6. The summed E-state index contributed by atoms with van der Waals surface area (Å²) in [5.41, 5.74) is 3.35. The number of carbonyl (C=O) groups is 2. The Kier molecular flexibility index (Phi) is 6.95. The number of nitrogens with one attached hydrogen (secondary N) is 1. The van der Waals surface area contributed by atoms with Crippen LogP contribution in [0, 0.1) is 5.92 Å². The average Bonchev–Trinajstić information content (AvgIpc) is 3.00. The lowest BCUT2D eigenvalue weighted by molar-refractivity contribution is -0.125. The second kappa shape index (κ2) is 9.82. The van der Waals surface area contributed by atoms with Crippen molar-refractivity contribution in [3.8, 4) is 0 Å². The molecular weight excluding hydrogens is 362 g/mol. The molecular formula is C24H27N3O2. The van der Waals surface area contributed by atoms with Gasteiger partial charge in [-0.15, -0.1) is 0 Å². The lowest BCUT2D eigenvalue weighted by Gasteiger charge is -2.18. The molecule has 0 aliphatic carbocycles. The predicted molar refractivity (Wildman–Crippen MR) is 117 cm³/mol. The smallest absolute Gasteiger partial charge is 0.246 e. The minimum Gasteiger partial charge on any atom is -0.339 e. The average molecular weight is 389 g/mol. The standard InChI is InChI=1S/C24H27N3O2/c1-18(2)24(29)26-22-12-10-19(17-25-22)11-13-23(28)27-15-6-9-21(14-16-27)20-7-4-3-5-8-20/h3-5,7-13,17-18H,6,14-16H2,1-2H3,(H,25,26,29). The van der Waals surface area contributed by atoms with E-state index < -0.39 is 0 Å². The molecule has 0 atom stereocenters. The van der Waals surface area contributed by atoms with Crippen molar-refractivity contribution in [3.05, 3.63) is 71.9 Å². The molecule has 29 heavy (non-hydrogen) atoms. The minimum absolute atomic E-state index is 0.00454. The van der Waals surface area contributed by atoms with Crippen molar-refractivity contribution in [2.45, 2.75) is 26.7 Å². The maximum Gasteiger partial charge on any atom is 0.246 e. The van der Waals surface area contributed by atoms with Crippen LogP contribution in [0.15, 0.2) is 60.8 Å². The summed E-state index contributed by atoms with van der Waals surface area (Å²) in [6.45, 7) is 5.10. The molecule has 1 N–H and O–H groups in total. The molecule has 1 aliphatic heterocycles. The number of benzene rings is 1. The Balaban J connectivity index is 1.55. The van der Waals surface area contributed by atoms with E-state index in [1.165, 1.54) is 11.1 Å². The van der Waals surface area contributed by atoms with E-state index in [0.717, 1.165) is 24.9 Å². The molecule has 1 aromatic carbocycles. The van der Waals surface area contributed by atoms with Gasteiger partial charge in [0, 0.05) is 31.3 Å². The van der Waals surface area contributed by atoms with Gasteiger partial charge in [-0.25, -0.2) is 4.98 Å². The fourth-order valence-corrected chi connectivity index (χ4v) is 3.12. The SMILES string of the molecule is CC(C)C(=O)Nc1ccc(C=CC(=O)N2CCC=C(c3ccccc3)CC2)cn1. The summed E-state index contributed by atoms with van der Waals surface area (Å²) >= 11 is 0. The molecule has 0 saturated heterocycles. The topological polar surface area (TPSA) is 62.3 Å². The van der Waals surface area contributed by atoms with E-state index in [-0.39, 0.29) is 17.7 Å². The number of pyridine rings is 1. The van der Waals surface area contributed by atoms with Crippen molar-refractivity contribution in [1.29, 1.82) is 0 Å². The normalized spacial score (nSPS) is 14.6. The van der Waals surface area contributed by atoms with Gasteiger partial charge in [0.15, 0.2) is 0 Å². The number of hydrogen-bond acceptors (Lipinski definition) is 3. The monoisotopic (exact) mass is 389 g/mol. The zero-order valence-electron chi connectivity index (χ0n) is 17.0. The molecule has 2 aromatic rings. The molecule has 0 bridgehead atoms. The van der Waals surface area contributed by atoms with Gasteiger partial charge in [0.1, 0.15) is 5.82 Å². The first-order valence-corrected chi connectivity index (χ1v) is 10.0. The molecule has 5 nitrogen and oxygen atoms in total. The van der Waals surface area contributed by atoms with Crippen molar-refractivity contribution >= 4 is 29.3 Å². The summed E-state index contributed by atoms with van der Waals surface area (Å²) in [7, 11) is 0. The van der Waals surface area contributed by atoms with Gasteiger partial charge >= 0.3 is 0 Å². The Morgan fingerprint density at radius 3 is 2.59 bits per heavy atom. The summed E-state index contributed by atoms with van der Waals surface area (Å²) in [5, 5.41) is 2.75. The first-order chi connectivity index (χ1) is 14.0. The quantitative estimate of drug-likeness (QED) is 0.771. The van der Waals surface area contributed by atoms with Gasteiger partial charge < -0.3 is 10.2 Å². The Hall–Kier alpha value is -3.21. The third-order valence-corrected chi connectivity index (χ3v) is 4.88. The van der Waals surface area contributed by atoms with Crippen LogP contribution < -0.4 is 5.32 Å². The number of aromatic nitrogens is 1. The van der Waals surface area contributed by atoms with Crippen LogP contribution in [0.3, 0.4) is 0 Å². The Labute approximate surface area is 172 Å². The highest BCUT2D eigenvalue weighted by atomic mass is 16.2. The predicted octanol–water partition coefficient (Wildman–Crippen LogP) is 4.40. The van der Waals surface area contributed by atoms with Gasteiger partial charge in [0.25, 0.3) is 0 Å². The molecule has 5 heteroatoms. The van der Waals surface area contributed by atoms with E-state index >= 15 is 0 Å². The van der Waals surface area contributed by atoms with Crippen LogP contribution in [-0.2, 0) is 9.59 Å². The molecule has 3 rings (SSSR count). The van der Waals surface area contributed by atoms with Crippen LogP contribution in [0.5, 0.6) is 0 Å². The zero-order valence-corrected chi connectivity index (χ0v) is 17.0. The Morgan fingerprint density at radius 2 is 1.90 bits per heavy atom. The summed E-state index contributed by atoms with van der Waals surface area (Å²) in [4.78, 5) is 30.4. The summed E-state index contributed by atoms with van der Waals surface area (Å²) in [5.74, 6) is 0.351. The van der Waals surface area contributed by atoms with E-state index in [1.54, 1.807) is 24.4 Å². The number of amides is 2. The highest BCUT2D eigenvalue weighted by Gasteiger charge is 2.15. The highest BCUT2D eigenvalue weighted by Crippen LogP contribution is 2.22. The number of carbonyl (C=O) groups excluding carboxylic acids is 2. The third-order valence-electron chi connectivity index (χ3n) is 4.88.